The molecule has 11 heteroatoms. The number of thiazole rings is 1. The van der Waals surface area contributed by atoms with E-state index in [9.17, 15) is 18.0 Å². The summed E-state index contributed by atoms with van der Waals surface area (Å²) in [4.78, 5) is 19.9. The molecule has 0 bridgehead atoms. The molecule has 1 unspecified atom stereocenters. The molecule has 1 fully saturated rings. The Morgan fingerprint density at radius 1 is 1.39 bits per heavy atom. The zero-order chi connectivity index (χ0) is 24.6. The van der Waals surface area contributed by atoms with E-state index in [-0.39, 0.29) is 22.9 Å². The van der Waals surface area contributed by atoms with Gasteiger partial charge in [-0.05, 0) is 59.2 Å². The van der Waals surface area contributed by atoms with Gasteiger partial charge < -0.3 is 9.47 Å². The number of ether oxygens (including phenoxy) is 2. The lowest BCUT2D eigenvalue weighted by Gasteiger charge is -2.36. The fourth-order valence-electron chi connectivity index (χ4n) is 3.51. The van der Waals surface area contributed by atoms with Crippen LogP contribution in [0.3, 0.4) is 0 Å². The summed E-state index contributed by atoms with van der Waals surface area (Å²) in [5, 5.41) is -0.0690. The van der Waals surface area contributed by atoms with Crippen LogP contribution in [0.25, 0.3) is 0 Å². The van der Waals surface area contributed by atoms with Crippen molar-refractivity contribution in [3.63, 3.8) is 0 Å². The highest BCUT2D eigenvalue weighted by Gasteiger charge is 2.46. The van der Waals surface area contributed by atoms with Gasteiger partial charge in [-0.1, -0.05) is 11.6 Å². The Morgan fingerprint density at radius 3 is 2.67 bits per heavy atom. The number of thioether (sulfide) groups is 1. The van der Waals surface area contributed by atoms with Gasteiger partial charge in [-0.15, -0.1) is 23.1 Å². The number of hydrogen-bond acceptors (Lipinski definition) is 6. The Labute approximate surface area is 204 Å². The molecule has 0 radical (unpaired) electrons. The van der Waals surface area contributed by atoms with E-state index >= 15 is 0 Å². The third-order valence-corrected chi connectivity index (χ3v) is 7.75. The summed E-state index contributed by atoms with van der Waals surface area (Å²) in [6.07, 6.45) is -2.87. The number of carbonyl (C=O) groups is 1. The molecule has 0 N–H and O–H groups in total. The number of nitrogens with zero attached hydrogens (tertiary/aromatic N) is 2. The summed E-state index contributed by atoms with van der Waals surface area (Å²) in [5.41, 5.74) is -0.670. The Kier molecular flexibility index (Phi) is 7.63. The quantitative estimate of drug-likeness (QED) is 0.383. The first kappa shape index (κ1) is 26.1. The lowest BCUT2D eigenvalue weighted by molar-refractivity contribution is -0.137. The smallest absolute Gasteiger partial charge is 0.416 e. The van der Waals surface area contributed by atoms with Crippen molar-refractivity contribution in [3.8, 4) is 0 Å². The Balaban J connectivity index is 1.89. The standard InChI is InChI=1S/C22H26ClF3N2O3S2/c1-20(2,3)31-19(29)28-14(11-30-21(28,4)5)9-17(18-10-27-12-32-18)33-16-8-13(22(24,25)26)6-7-15(16)23/h6-8,10,12,14,17H,9,11H2,1-5H3/t14?,17-/m1/s1. The van der Waals surface area contributed by atoms with Crippen LogP contribution < -0.4 is 0 Å². The molecule has 33 heavy (non-hydrogen) atoms. The van der Waals surface area contributed by atoms with Crippen LogP contribution in [0.5, 0.6) is 0 Å². The minimum atomic E-state index is -4.48. The molecule has 0 spiro atoms. The number of hydrogen-bond donors (Lipinski definition) is 0. The molecule has 1 amide bonds. The fourth-order valence-corrected chi connectivity index (χ4v) is 5.87. The Morgan fingerprint density at radius 2 is 2.09 bits per heavy atom. The molecule has 1 saturated heterocycles. The SMILES string of the molecule is CC(C)(C)OC(=O)N1C(C[C@@H](Sc2cc(C(F)(F)F)ccc2Cl)c2cncs2)COC1(C)C. The fraction of sp³-hybridized carbons (Fsp3) is 0.545. The van der Waals surface area contributed by atoms with Gasteiger partial charge >= 0.3 is 12.3 Å². The third kappa shape index (κ3) is 6.55. The van der Waals surface area contributed by atoms with Crippen molar-refractivity contribution in [2.45, 2.75) is 74.7 Å². The number of amides is 1. The van der Waals surface area contributed by atoms with Gasteiger partial charge in [0.05, 0.1) is 28.7 Å². The highest BCUT2D eigenvalue weighted by Crippen LogP contribution is 2.46. The van der Waals surface area contributed by atoms with Gasteiger partial charge in [0.2, 0.25) is 0 Å². The van der Waals surface area contributed by atoms with E-state index in [1.807, 2.05) is 0 Å². The molecular formula is C22H26ClF3N2O3S2. The topological polar surface area (TPSA) is 51.7 Å². The first-order valence-electron chi connectivity index (χ1n) is 10.3. The van der Waals surface area contributed by atoms with Gasteiger partial charge in [0.1, 0.15) is 11.3 Å². The van der Waals surface area contributed by atoms with Crippen LogP contribution >= 0.6 is 34.7 Å². The molecule has 1 aromatic heterocycles. The average molecular weight is 523 g/mol. The number of aromatic nitrogens is 1. The van der Waals surface area contributed by atoms with Crippen molar-refractivity contribution in [2.24, 2.45) is 0 Å². The molecule has 1 aromatic carbocycles. The maximum absolute atomic E-state index is 13.3. The lowest BCUT2D eigenvalue weighted by atomic mass is 10.1. The summed E-state index contributed by atoms with van der Waals surface area (Å²) in [7, 11) is 0. The van der Waals surface area contributed by atoms with Crippen LogP contribution in [0, 0.1) is 0 Å². The number of carbonyl (C=O) groups excluding carboxylic acids is 1. The van der Waals surface area contributed by atoms with Crippen LogP contribution in [0.2, 0.25) is 5.02 Å². The molecule has 182 valence electrons. The molecule has 2 aromatic rings. The first-order valence-corrected chi connectivity index (χ1v) is 12.4. The lowest BCUT2D eigenvalue weighted by Crippen LogP contribution is -2.50. The van der Waals surface area contributed by atoms with Crippen molar-refractivity contribution >= 4 is 40.8 Å². The maximum atomic E-state index is 13.3. The maximum Gasteiger partial charge on any atom is 0.416 e. The minimum Gasteiger partial charge on any atom is -0.444 e. The normalized spacial score (nSPS) is 19.5. The van der Waals surface area contributed by atoms with Gasteiger partial charge in [-0.3, -0.25) is 9.88 Å². The number of alkyl halides is 3. The largest absolute Gasteiger partial charge is 0.444 e. The van der Waals surface area contributed by atoms with Gasteiger partial charge in [-0.25, -0.2) is 4.79 Å². The van der Waals surface area contributed by atoms with E-state index in [0.717, 1.165) is 17.0 Å². The van der Waals surface area contributed by atoms with Crippen LogP contribution in [0.15, 0.2) is 34.8 Å². The number of halogens is 4. The van der Waals surface area contributed by atoms with Crippen LogP contribution in [0.1, 0.15) is 56.7 Å². The van der Waals surface area contributed by atoms with E-state index in [0.29, 0.717) is 11.3 Å². The third-order valence-electron chi connectivity index (χ3n) is 4.95. The molecule has 1 aliphatic heterocycles. The van der Waals surface area contributed by atoms with Crippen LogP contribution in [-0.4, -0.2) is 40.0 Å². The average Bonchev–Trinajstić information content (AvgIpc) is 3.28. The van der Waals surface area contributed by atoms with E-state index in [4.69, 9.17) is 21.1 Å². The van der Waals surface area contributed by atoms with Crippen molar-refractivity contribution < 1.29 is 27.4 Å². The summed E-state index contributed by atoms with van der Waals surface area (Å²) in [5.74, 6) is 0. The van der Waals surface area contributed by atoms with Crippen molar-refractivity contribution in [1.82, 2.24) is 9.88 Å². The zero-order valence-corrected chi connectivity index (χ0v) is 21.3. The number of benzene rings is 1. The summed E-state index contributed by atoms with van der Waals surface area (Å²) < 4.78 is 51.3. The molecule has 3 rings (SSSR count). The predicted octanol–water partition coefficient (Wildman–Crippen LogP) is 7.41. The second-order valence-corrected chi connectivity index (χ2v) is 11.7. The van der Waals surface area contributed by atoms with Crippen LogP contribution in [0.4, 0.5) is 18.0 Å². The highest BCUT2D eigenvalue weighted by molar-refractivity contribution is 7.99. The summed E-state index contributed by atoms with van der Waals surface area (Å²) >= 11 is 8.87. The molecule has 0 saturated carbocycles. The van der Waals surface area contributed by atoms with E-state index in [2.05, 4.69) is 4.98 Å². The molecular weight excluding hydrogens is 497 g/mol. The summed E-state index contributed by atoms with van der Waals surface area (Å²) in [6.45, 7) is 9.21. The molecule has 2 atom stereocenters. The minimum absolute atomic E-state index is 0.231. The van der Waals surface area contributed by atoms with Gasteiger partial charge in [-0.2, -0.15) is 13.2 Å². The molecule has 0 aliphatic carbocycles. The van der Waals surface area contributed by atoms with Crippen LogP contribution in [-0.2, 0) is 15.7 Å². The van der Waals surface area contributed by atoms with E-state index in [1.54, 1.807) is 51.2 Å². The zero-order valence-electron chi connectivity index (χ0n) is 18.9. The second-order valence-electron chi connectivity index (χ2n) is 9.15. The molecule has 2 heterocycles. The van der Waals surface area contributed by atoms with Crippen molar-refractivity contribution in [2.75, 3.05) is 6.61 Å². The molecule has 5 nitrogen and oxygen atoms in total. The van der Waals surface area contributed by atoms with Crippen molar-refractivity contribution in [3.05, 3.63) is 45.4 Å². The monoisotopic (exact) mass is 522 g/mol. The summed E-state index contributed by atoms with van der Waals surface area (Å²) in [6, 6.07) is 2.93. The first-order chi connectivity index (χ1) is 15.2. The Hall–Kier alpha value is -1.49. The van der Waals surface area contributed by atoms with Gasteiger partial charge in [0, 0.05) is 21.2 Å². The highest BCUT2D eigenvalue weighted by atomic mass is 35.5. The van der Waals surface area contributed by atoms with Gasteiger partial charge in [0.15, 0.2) is 0 Å². The molecule has 1 aliphatic rings. The van der Waals surface area contributed by atoms with Crippen molar-refractivity contribution in [1.29, 1.82) is 0 Å². The van der Waals surface area contributed by atoms with Gasteiger partial charge in [0.25, 0.3) is 0 Å². The predicted molar refractivity (Wildman–Crippen MR) is 124 cm³/mol. The number of rotatable bonds is 5. The van der Waals surface area contributed by atoms with E-state index in [1.165, 1.54) is 29.2 Å². The van der Waals surface area contributed by atoms with E-state index < -0.39 is 29.2 Å². The second kappa shape index (κ2) is 9.64. The Bertz CT molecular complexity index is 978.